The van der Waals surface area contributed by atoms with Crippen LogP contribution in [0.25, 0.3) is 0 Å². The van der Waals surface area contributed by atoms with Gasteiger partial charge in [0, 0.05) is 23.4 Å². The van der Waals surface area contributed by atoms with Crippen LogP contribution in [0.3, 0.4) is 0 Å². The minimum Gasteiger partial charge on any atom is -0.465 e. The molecule has 7 nitrogen and oxygen atoms in total. The first-order valence-electron chi connectivity index (χ1n) is 11.2. The molecule has 3 aromatic rings. The zero-order valence-corrected chi connectivity index (χ0v) is 20.2. The first-order valence-corrected chi connectivity index (χ1v) is 12.2. The molecule has 5 rings (SSSR count). The minimum atomic E-state index is -0.403. The van der Waals surface area contributed by atoms with Gasteiger partial charge in [-0.25, -0.2) is 9.48 Å². The number of Topliss-reactive ketones (excluding diaryl/α,β-unsaturated/α-hetero) is 1. The topological polar surface area (TPSA) is 86.1 Å². The average Bonchev–Trinajstić information content (AvgIpc) is 3.23. The predicted molar refractivity (Wildman–Crippen MR) is 131 cm³/mol. The van der Waals surface area contributed by atoms with Crippen molar-refractivity contribution in [3.8, 4) is 0 Å². The number of nitrogens with zero attached hydrogens (tertiary/aromatic N) is 3. The zero-order valence-electron chi connectivity index (χ0n) is 19.4. The molecule has 1 aromatic heterocycles. The molecule has 1 unspecified atom stereocenters. The summed E-state index contributed by atoms with van der Waals surface area (Å²) in [6.07, 6.45) is 1.23. The minimum absolute atomic E-state index is 0.112. The summed E-state index contributed by atoms with van der Waals surface area (Å²) in [6, 6.07) is 17.0. The van der Waals surface area contributed by atoms with Gasteiger partial charge in [-0.2, -0.15) is 4.98 Å². The Bertz CT molecular complexity index is 1280. The van der Waals surface area contributed by atoms with E-state index in [1.54, 1.807) is 28.6 Å². The van der Waals surface area contributed by atoms with Gasteiger partial charge in [0.05, 0.1) is 12.7 Å². The number of thioether (sulfide) groups is 1. The molecule has 1 aliphatic carbocycles. The van der Waals surface area contributed by atoms with Gasteiger partial charge in [0.1, 0.15) is 6.04 Å². The standard InChI is InChI=1S/C26H26N4O3S/c1-26(2)13-19-21(20(31)14-26)22(17-9-11-18(12-10-17)23(32)33-3)30-24(27-19)28-25(29-30)34-15-16-7-5-4-6-8-16/h4-12,22H,13-15H2,1-3H3,(H,27,28,29). The quantitative estimate of drug-likeness (QED) is 0.411. The van der Waals surface area contributed by atoms with Crippen molar-refractivity contribution >= 4 is 29.5 Å². The molecule has 0 fully saturated rings. The van der Waals surface area contributed by atoms with Crippen molar-refractivity contribution < 1.29 is 14.3 Å². The fraction of sp³-hybridized carbons (Fsp3) is 0.308. The number of nitrogens with one attached hydrogen (secondary N) is 1. The lowest BCUT2D eigenvalue weighted by molar-refractivity contribution is -0.118. The van der Waals surface area contributed by atoms with Crippen LogP contribution in [0.1, 0.15) is 54.2 Å². The fourth-order valence-corrected chi connectivity index (χ4v) is 5.39. The van der Waals surface area contributed by atoms with Crippen molar-refractivity contribution in [1.82, 2.24) is 14.8 Å². The maximum absolute atomic E-state index is 13.3. The summed E-state index contributed by atoms with van der Waals surface area (Å²) in [4.78, 5) is 30.0. The van der Waals surface area contributed by atoms with E-state index >= 15 is 0 Å². The number of hydrogen-bond donors (Lipinski definition) is 1. The number of aromatic nitrogens is 3. The number of allylic oxidation sites excluding steroid dienone is 2. The second-order valence-electron chi connectivity index (χ2n) is 9.41. The van der Waals surface area contributed by atoms with Crippen molar-refractivity contribution in [2.24, 2.45) is 5.41 Å². The van der Waals surface area contributed by atoms with Crippen LogP contribution in [0.5, 0.6) is 0 Å². The van der Waals surface area contributed by atoms with Crippen molar-refractivity contribution in [3.63, 3.8) is 0 Å². The molecule has 0 radical (unpaired) electrons. The SMILES string of the molecule is COC(=O)c1ccc(C2C3=C(CC(C)(C)CC3=O)Nc3nc(SCc4ccccc4)nn32)cc1. The Kier molecular flexibility index (Phi) is 5.77. The predicted octanol–water partition coefficient (Wildman–Crippen LogP) is 5.02. The molecule has 0 spiro atoms. The van der Waals surface area contributed by atoms with Crippen molar-refractivity contribution in [3.05, 3.63) is 82.6 Å². The first-order chi connectivity index (χ1) is 16.3. The van der Waals surface area contributed by atoms with Gasteiger partial charge in [-0.05, 0) is 35.1 Å². The monoisotopic (exact) mass is 474 g/mol. The Morgan fingerprint density at radius 3 is 2.59 bits per heavy atom. The first kappa shape index (κ1) is 22.4. The molecule has 1 N–H and O–H groups in total. The summed E-state index contributed by atoms with van der Waals surface area (Å²) in [5.74, 6) is 1.10. The van der Waals surface area contributed by atoms with E-state index in [9.17, 15) is 9.59 Å². The molecule has 0 saturated heterocycles. The van der Waals surface area contributed by atoms with Crippen LogP contribution in [0.15, 0.2) is 71.0 Å². The molecule has 34 heavy (non-hydrogen) atoms. The molecule has 0 bridgehead atoms. The summed E-state index contributed by atoms with van der Waals surface area (Å²) in [5, 5.41) is 8.84. The lowest BCUT2D eigenvalue weighted by atomic mass is 9.73. The van der Waals surface area contributed by atoms with E-state index in [0.717, 1.165) is 29.0 Å². The van der Waals surface area contributed by atoms with Crippen LogP contribution in [0.2, 0.25) is 0 Å². The zero-order chi connectivity index (χ0) is 23.9. The number of rotatable bonds is 5. The van der Waals surface area contributed by atoms with E-state index in [-0.39, 0.29) is 11.2 Å². The van der Waals surface area contributed by atoms with Gasteiger partial charge in [-0.1, -0.05) is 68.1 Å². The van der Waals surface area contributed by atoms with E-state index in [1.807, 2.05) is 30.3 Å². The molecule has 2 aromatic carbocycles. The van der Waals surface area contributed by atoms with E-state index in [4.69, 9.17) is 14.8 Å². The number of anilines is 1. The Morgan fingerprint density at radius 2 is 1.88 bits per heavy atom. The fourth-order valence-electron chi connectivity index (χ4n) is 4.60. The van der Waals surface area contributed by atoms with Gasteiger partial charge < -0.3 is 10.1 Å². The molecular weight excluding hydrogens is 448 g/mol. The lowest BCUT2D eigenvalue weighted by Gasteiger charge is -2.38. The maximum Gasteiger partial charge on any atom is 0.337 e. The average molecular weight is 475 g/mol. The number of benzene rings is 2. The Morgan fingerprint density at radius 1 is 1.15 bits per heavy atom. The highest BCUT2D eigenvalue weighted by Gasteiger charge is 2.41. The third-order valence-corrected chi connectivity index (χ3v) is 7.08. The number of ether oxygens (including phenoxy) is 1. The van der Waals surface area contributed by atoms with Gasteiger partial charge >= 0.3 is 5.97 Å². The second kappa shape index (κ2) is 8.76. The molecular formula is C26H26N4O3S. The highest BCUT2D eigenvalue weighted by atomic mass is 32.2. The molecule has 1 atom stereocenters. The van der Waals surface area contributed by atoms with E-state index in [0.29, 0.717) is 23.1 Å². The van der Waals surface area contributed by atoms with Crippen LogP contribution in [-0.4, -0.2) is 33.6 Å². The third kappa shape index (κ3) is 4.25. The molecule has 2 heterocycles. The van der Waals surface area contributed by atoms with Crippen molar-refractivity contribution in [1.29, 1.82) is 0 Å². The van der Waals surface area contributed by atoms with Gasteiger partial charge in [-0.3, -0.25) is 4.79 Å². The van der Waals surface area contributed by atoms with E-state index < -0.39 is 12.0 Å². The highest BCUT2D eigenvalue weighted by Crippen LogP contribution is 2.45. The van der Waals surface area contributed by atoms with Crippen LogP contribution in [-0.2, 0) is 15.3 Å². The number of ketones is 1. The Hall–Kier alpha value is -3.39. The maximum atomic E-state index is 13.3. The van der Waals surface area contributed by atoms with Gasteiger partial charge in [-0.15, -0.1) is 5.10 Å². The van der Waals surface area contributed by atoms with Crippen LogP contribution >= 0.6 is 11.8 Å². The van der Waals surface area contributed by atoms with Crippen LogP contribution in [0.4, 0.5) is 5.95 Å². The number of carbonyl (C=O) groups is 2. The summed E-state index contributed by atoms with van der Waals surface area (Å²) in [7, 11) is 1.36. The normalized spacial score (nSPS) is 18.7. The summed E-state index contributed by atoms with van der Waals surface area (Å²) >= 11 is 1.56. The summed E-state index contributed by atoms with van der Waals surface area (Å²) in [5.41, 5.74) is 4.03. The number of carbonyl (C=O) groups excluding carboxylic acids is 2. The van der Waals surface area contributed by atoms with E-state index in [2.05, 4.69) is 31.3 Å². The number of hydrogen-bond acceptors (Lipinski definition) is 7. The lowest BCUT2D eigenvalue weighted by Crippen LogP contribution is -2.36. The second-order valence-corrected chi connectivity index (χ2v) is 10.4. The number of fused-ring (bicyclic) bond motifs is 1. The Balaban J connectivity index is 1.53. The summed E-state index contributed by atoms with van der Waals surface area (Å²) in [6.45, 7) is 4.22. The van der Waals surface area contributed by atoms with Crippen LogP contribution in [0, 0.1) is 5.41 Å². The largest absolute Gasteiger partial charge is 0.465 e. The van der Waals surface area contributed by atoms with E-state index in [1.165, 1.54) is 12.7 Å². The van der Waals surface area contributed by atoms with Gasteiger partial charge in [0.25, 0.3) is 0 Å². The third-order valence-electron chi connectivity index (χ3n) is 6.17. The van der Waals surface area contributed by atoms with Gasteiger partial charge in [0.2, 0.25) is 11.1 Å². The van der Waals surface area contributed by atoms with Crippen molar-refractivity contribution in [2.75, 3.05) is 12.4 Å². The molecule has 1 aliphatic heterocycles. The van der Waals surface area contributed by atoms with Crippen LogP contribution < -0.4 is 5.32 Å². The number of methoxy groups -OCH3 is 1. The molecule has 2 aliphatic rings. The van der Waals surface area contributed by atoms with Gasteiger partial charge in [0.15, 0.2) is 5.78 Å². The molecule has 8 heteroatoms. The smallest absolute Gasteiger partial charge is 0.337 e. The summed E-state index contributed by atoms with van der Waals surface area (Å²) < 4.78 is 6.63. The Labute approximate surface area is 202 Å². The highest BCUT2D eigenvalue weighted by molar-refractivity contribution is 7.98. The molecule has 174 valence electrons. The molecule has 0 saturated carbocycles. The molecule has 0 amide bonds. The number of esters is 1. The van der Waals surface area contributed by atoms with Crippen molar-refractivity contribution in [2.45, 2.75) is 43.6 Å².